The number of benzene rings is 1. The molecule has 108 valence electrons. The summed E-state index contributed by atoms with van der Waals surface area (Å²) in [6.45, 7) is 0. The van der Waals surface area contributed by atoms with Gasteiger partial charge in [0.15, 0.2) is 0 Å². The Morgan fingerprint density at radius 2 is 1.76 bits per heavy atom. The van der Waals surface area contributed by atoms with Gasteiger partial charge in [-0.05, 0) is 18.2 Å². The summed E-state index contributed by atoms with van der Waals surface area (Å²) >= 11 is 5.67. The van der Waals surface area contributed by atoms with Crippen LogP contribution in [0.4, 0.5) is 17.2 Å². The number of ether oxygens (including phenoxy) is 1. The van der Waals surface area contributed by atoms with E-state index in [0.717, 1.165) is 12.1 Å². The van der Waals surface area contributed by atoms with Crippen molar-refractivity contribution in [3.63, 3.8) is 0 Å². The van der Waals surface area contributed by atoms with Crippen molar-refractivity contribution in [2.24, 2.45) is 0 Å². The summed E-state index contributed by atoms with van der Waals surface area (Å²) < 4.78 is 5.17. The van der Waals surface area contributed by atoms with E-state index in [1.807, 2.05) is 0 Å². The van der Waals surface area contributed by atoms with Crippen molar-refractivity contribution in [3.05, 3.63) is 55.6 Å². The number of nitrogen functional groups attached to an aromatic ring is 1. The molecule has 2 rings (SSSR count). The molecule has 0 radical (unpaired) electrons. The van der Waals surface area contributed by atoms with E-state index in [4.69, 9.17) is 22.1 Å². The predicted octanol–water partition coefficient (Wildman–Crippen LogP) is 2.93. The van der Waals surface area contributed by atoms with Gasteiger partial charge >= 0.3 is 17.3 Å². The molecule has 0 amide bonds. The molecule has 0 atom stereocenters. The number of rotatable bonds is 4. The molecule has 0 saturated carbocycles. The lowest BCUT2D eigenvalue weighted by atomic mass is 10.3. The molecular weight excluding hydrogens is 304 g/mol. The maximum absolute atomic E-state index is 10.9. The molecular formula is C11H7ClN4O5. The molecule has 9 nitrogen and oxygen atoms in total. The van der Waals surface area contributed by atoms with Gasteiger partial charge in [0, 0.05) is 17.2 Å². The van der Waals surface area contributed by atoms with Crippen LogP contribution in [0.5, 0.6) is 11.6 Å². The Bertz CT molecular complexity index is 737. The van der Waals surface area contributed by atoms with Crippen LogP contribution >= 0.6 is 11.6 Å². The number of nitrogens with zero attached hydrogens (tertiary/aromatic N) is 3. The Kier molecular flexibility index (Phi) is 3.85. The van der Waals surface area contributed by atoms with Gasteiger partial charge in [0.25, 0.3) is 0 Å². The van der Waals surface area contributed by atoms with Crippen LogP contribution in [0.3, 0.4) is 0 Å². The highest BCUT2D eigenvalue weighted by molar-refractivity contribution is 6.30. The van der Waals surface area contributed by atoms with E-state index < -0.39 is 27.1 Å². The third kappa shape index (κ3) is 3.15. The number of nitrogens with two attached hydrogens (primary N) is 1. The Morgan fingerprint density at radius 1 is 1.10 bits per heavy atom. The lowest BCUT2D eigenvalue weighted by Gasteiger charge is -2.06. The van der Waals surface area contributed by atoms with Crippen LogP contribution in [0.15, 0.2) is 30.3 Å². The fourth-order valence-corrected chi connectivity index (χ4v) is 1.65. The van der Waals surface area contributed by atoms with Crippen LogP contribution in [-0.4, -0.2) is 14.8 Å². The van der Waals surface area contributed by atoms with Gasteiger partial charge in [-0.3, -0.25) is 20.2 Å². The third-order valence-corrected chi connectivity index (χ3v) is 2.62. The number of aromatic nitrogens is 1. The fourth-order valence-electron chi connectivity index (χ4n) is 1.49. The Labute approximate surface area is 122 Å². The summed E-state index contributed by atoms with van der Waals surface area (Å²) in [6, 6.07) is 5.95. The van der Waals surface area contributed by atoms with E-state index in [9.17, 15) is 20.2 Å². The van der Waals surface area contributed by atoms with Crippen molar-refractivity contribution in [2.45, 2.75) is 0 Å². The summed E-state index contributed by atoms with van der Waals surface area (Å²) in [5, 5.41) is 22.0. The van der Waals surface area contributed by atoms with Crippen LogP contribution in [0.25, 0.3) is 0 Å². The predicted molar refractivity (Wildman–Crippen MR) is 73.5 cm³/mol. The van der Waals surface area contributed by atoms with Crippen molar-refractivity contribution in [1.82, 2.24) is 4.98 Å². The zero-order chi connectivity index (χ0) is 15.6. The van der Waals surface area contributed by atoms with Crippen molar-refractivity contribution < 1.29 is 14.6 Å². The molecule has 1 heterocycles. The van der Waals surface area contributed by atoms with Crippen LogP contribution in [-0.2, 0) is 0 Å². The van der Waals surface area contributed by atoms with Gasteiger partial charge < -0.3 is 10.5 Å². The maximum Gasteiger partial charge on any atom is 0.331 e. The molecule has 2 N–H and O–H groups in total. The van der Waals surface area contributed by atoms with E-state index in [2.05, 4.69) is 4.98 Å². The number of anilines is 1. The quantitative estimate of drug-likeness (QED) is 0.677. The lowest BCUT2D eigenvalue weighted by Crippen LogP contribution is -2.00. The van der Waals surface area contributed by atoms with E-state index in [0.29, 0.717) is 0 Å². The molecule has 0 saturated heterocycles. The lowest BCUT2D eigenvalue weighted by molar-refractivity contribution is -0.387. The molecule has 0 aliphatic heterocycles. The molecule has 21 heavy (non-hydrogen) atoms. The highest BCUT2D eigenvalue weighted by atomic mass is 35.5. The minimum absolute atomic E-state index is 0.0211. The molecule has 0 aliphatic carbocycles. The largest absolute Gasteiger partial charge is 0.426 e. The molecule has 1 aromatic carbocycles. The molecule has 0 bridgehead atoms. The molecule has 0 aliphatic rings. The molecule has 10 heteroatoms. The fraction of sp³-hybridized carbons (Fsp3) is 0. The normalized spacial score (nSPS) is 10.1. The topological polar surface area (TPSA) is 134 Å². The second kappa shape index (κ2) is 5.59. The van der Waals surface area contributed by atoms with Gasteiger partial charge in [-0.25, -0.2) is 0 Å². The minimum Gasteiger partial charge on any atom is -0.426 e. The Balaban J connectivity index is 2.50. The van der Waals surface area contributed by atoms with Crippen molar-refractivity contribution in [2.75, 3.05) is 5.73 Å². The molecule has 0 spiro atoms. The number of halogens is 1. The molecule has 0 fully saturated rings. The monoisotopic (exact) mass is 310 g/mol. The van der Waals surface area contributed by atoms with Gasteiger partial charge in [-0.1, -0.05) is 11.6 Å². The smallest absolute Gasteiger partial charge is 0.331 e. The second-order valence-corrected chi connectivity index (χ2v) is 4.23. The first-order valence-corrected chi connectivity index (χ1v) is 5.79. The average molecular weight is 311 g/mol. The maximum atomic E-state index is 10.9. The van der Waals surface area contributed by atoms with Crippen LogP contribution in [0.1, 0.15) is 0 Å². The van der Waals surface area contributed by atoms with E-state index in [-0.39, 0.29) is 16.6 Å². The average Bonchev–Trinajstić information content (AvgIpc) is 2.40. The second-order valence-electron chi connectivity index (χ2n) is 3.79. The zero-order valence-corrected chi connectivity index (χ0v) is 11.0. The summed E-state index contributed by atoms with van der Waals surface area (Å²) in [4.78, 5) is 24.0. The van der Waals surface area contributed by atoms with Crippen LogP contribution < -0.4 is 10.5 Å². The first-order valence-electron chi connectivity index (χ1n) is 5.41. The van der Waals surface area contributed by atoms with Crippen molar-refractivity contribution in [1.29, 1.82) is 0 Å². The first-order chi connectivity index (χ1) is 9.88. The standard InChI is InChI=1S/C11H7ClN4O5/c12-6-1-3-9(8(5-6)16(19)20)21-11-7(15(17)18)2-4-10(13)14-11/h1-5H,(H2,13,14). The van der Waals surface area contributed by atoms with Crippen molar-refractivity contribution >= 4 is 28.8 Å². The summed E-state index contributed by atoms with van der Waals surface area (Å²) in [5.41, 5.74) is 4.53. The minimum atomic E-state index is -0.733. The number of hydrogen-bond acceptors (Lipinski definition) is 7. The first kappa shape index (κ1) is 14.5. The highest BCUT2D eigenvalue weighted by Gasteiger charge is 2.22. The van der Waals surface area contributed by atoms with Crippen molar-refractivity contribution in [3.8, 4) is 11.6 Å². The van der Waals surface area contributed by atoms with E-state index in [1.165, 1.54) is 18.2 Å². The molecule has 2 aromatic rings. The summed E-state index contributed by atoms with van der Waals surface area (Å²) in [6.07, 6.45) is 0. The number of nitro groups is 2. The summed E-state index contributed by atoms with van der Waals surface area (Å²) in [5.74, 6) is -0.691. The highest BCUT2D eigenvalue weighted by Crippen LogP contribution is 2.36. The van der Waals surface area contributed by atoms with Crippen LogP contribution in [0, 0.1) is 20.2 Å². The zero-order valence-electron chi connectivity index (χ0n) is 10.2. The SMILES string of the molecule is Nc1ccc([N+](=O)[O-])c(Oc2ccc(Cl)cc2[N+](=O)[O-])n1. The van der Waals surface area contributed by atoms with Gasteiger partial charge in [0.1, 0.15) is 5.82 Å². The number of pyridine rings is 1. The molecule has 0 unspecified atom stereocenters. The number of nitro benzene ring substituents is 1. The Hall–Kier alpha value is -2.94. The van der Waals surface area contributed by atoms with E-state index in [1.54, 1.807) is 0 Å². The summed E-state index contributed by atoms with van der Waals surface area (Å²) in [7, 11) is 0. The van der Waals surface area contributed by atoms with Gasteiger partial charge in [-0.2, -0.15) is 4.98 Å². The third-order valence-electron chi connectivity index (χ3n) is 2.38. The van der Waals surface area contributed by atoms with Gasteiger partial charge in [-0.15, -0.1) is 0 Å². The Morgan fingerprint density at radius 3 is 2.38 bits per heavy atom. The molecule has 1 aromatic heterocycles. The van der Waals surface area contributed by atoms with Gasteiger partial charge in [0.2, 0.25) is 5.75 Å². The van der Waals surface area contributed by atoms with E-state index >= 15 is 0 Å². The number of hydrogen-bond donors (Lipinski definition) is 1. The van der Waals surface area contributed by atoms with Gasteiger partial charge in [0.05, 0.1) is 9.85 Å². The van der Waals surface area contributed by atoms with Crippen LogP contribution in [0.2, 0.25) is 5.02 Å².